The van der Waals surface area contributed by atoms with Gasteiger partial charge in [0.15, 0.2) is 6.10 Å². The minimum Gasteiger partial charge on any atom is -0.492 e. The van der Waals surface area contributed by atoms with Gasteiger partial charge in [-0.3, -0.25) is 4.90 Å². The molecule has 1 aromatic rings. The predicted octanol–water partition coefficient (Wildman–Crippen LogP) is 1.37. The van der Waals surface area contributed by atoms with Crippen LogP contribution < -0.4 is 4.74 Å². The normalized spacial score (nSPS) is 17.1. The second-order valence-electron chi connectivity index (χ2n) is 4.47. The van der Waals surface area contributed by atoms with Gasteiger partial charge in [-0.05, 0) is 13.0 Å². The van der Waals surface area contributed by atoms with E-state index in [1.54, 1.807) is 6.92 Å². The van der Waals surface area contributed by atoms with Crippen molar-refractivity contribution in [3.05, 3.63) is 29.8 Å². The van der Waals surface area contributed by atoms with Crippen molar-refractivity contribution >= 4 is 5.97 Å². The van der Waals surface area contributed by atoms with Gasteiger partial charge in [-0.1, -0.05) is 18.2 Å². The maximum Gasteiger partial charge on any atom is 0.334 e. The molecule has 1 atom stereocenters. The van der Waals surface area contributed by atoms with Gasteiger partial charge in [-0.15, -0.1) is 0 Å². The minimum atomic E-state index is -0.916. The molecule has 19 heavy (non-hydrogen) atoms. The Labute approximate surface area is 112 Å². The number of para-hydroxylation sites is 1. The fraction of sp³-hybridized carbons (Fsp3) is 0.500. The predicted molar refractivity (Wildman–Crippen MR) is 70.3 cm³/mol. The molecule has 104 valence electrons. The standard InChI is InChI=1S/C14H19NO4/c1-2-18-13(14(16)17)10-15-7-8-19-12-6-4-3-5-11(12)9-15/h3-6,13H,2,7-10H2,1H3,(H,16,17). The first-order chi connectivity index (χ1) is 9.20. The van der Waals surface area contributed by atoms with E-state index < -0.39 is 12.1 Å². The molecule has 1 unspecified atom stereocenters. The summed E-state index contributed by atoms with van der Waals surface area (Å²) in [6.45, 7) is 4.53. The first-order valence-electron chi connectivity index (χ1n) is 6.48. The SMILES string of the molecule is CCOC(CN1CCOc2ccccc2C1)C(=O)O. The molecule has 5 heteroatoms. The largest absolute Gasteiger partial charge is 0.492 e. The summed E-state index contributed by atoms with van der Waals surface area (Å²) >= 11 is 0. The summed E-state index contributed by atoms with van der Waals surface area (Å²) in [7, 11) is 0. The molecule has 5 nitrogen and oxygen atoms in total. The highest BCUT2D eigenvalue weighted by molar-refractivity contribution is 5.72. The molecule has 1 heterocycles. The molecule has 0 fully saturated rings. The third-order valence-electron chi connectivity index (χ3n) is 3.10. The third-order valence-corrected chi connectivity index (χ3v) is 3.10. The molecule has 1 aliphatic heterocycles. The lowest BCUT2D eigenvalue weighted by Gasteiger charge is -2.23. The van der Waals surface area contributed by atoms with Gasteiger partial charge in [0.2, 0.25) is 0 Å². The van der Waals surface area contributed by atoms with Crippen LogP contribution in [-0.4, -0.2) is 48.4 Å². The zero-order valence-electron chi connectivity index (χ0n) is 11.0. The van der Waals surface area contributed by atoms with Crippen molar-refractivity contribution in [3.8, 4) is 5.75 Å². The average molecular weight is 265 g/mol. The number of carbonyl (C=O) groups is 1. The highest BCUT2D eigenvalue weighted by Crippen LogP contribution is 2.22. The monoisotopic (exact) mass is 265 g/mol. The van der Waals surface area contributed by atoms with Crippen molar-refractivity contribution in [2.75, 3.05) is 26.3 Å². The highest BCUT2D eigenvalue weighted by atomic mass is 16.5. The van der Waals surface area contributed by atoms with Crippen molar-refractivity contribution in [2.24, 2.45) is 0 Å². The van der Waals surface area contributed by atoms with Crippen molar-refractivity contribution < 1.29 is 19.4 Å². The fourth-order valence-electron chi connectivity index (χ4n) is 2.17. The quantitative estimate of drug-likeness (QED) is 0.871. The van der Waals surface area contributed by atoms with Gasteiger partial charge < -0.3 is 14.6 Å². The summed E-state index contributed by atoms with van der Waals surface area (Å²) in [4.78, 5) is 13.2. The molecular weight excluding hydrogens is 246 g/mol. The van der Waals surface area contributed by atoms with Gasteiger partial charge in [0, 0.05) is 31.8 Å². The number of hydrogen-bond donors (Lipinski definition) is 1. The number of carboxylic acids is 1. The van der Waals surface area contributed by atoms with Gasteiger partial charge in [0.25, 0.3) is 0 Å². The molecule has 1 aromatic carbocycles. The van der Waals surface area contributed by atoms with E-state index in [1.165, 1.54) is 0 Å². The van der Waals surface area contributed by atoms with Crippen LogP contribution in [-0.2, 0) is 16.1 Å². The van der Waals surface area contributed by atoms with E-state index >= 15 is 0 Å². The molecule has 0 saturated heterocycles. The fourth-order valence-corrected chi connectivity index (χ4v) is 2.17. The Morgan fingerprint density at radius 2 is 2.32 bits per heavy atom. The van der Waals surface area contributed by atoms with Crippen LogP contribution in [0.3, 0.4) is 0 Å². The summed E-state index contributed by atoms with van der Waals surface area (Å²) in [5, 5.41) is 9.12. The van der Waals surface area contributed by atoms with Crippen molar-refractivity contribution in [1.29, 1.82) is 0 Å². The van der Waals surface area contributed by atoms with Gasteiger partial charge in [0.05, 0.1) is 0 Å². The lowest BCUT2D eigenvalue weighted by atomic mass is 10.2. The molecule has 1 N–H and O–H groups in total. The molecule has 0 amide bonds. The van der Waals surface area contributed by atoms with E-state index in [2.05, 4.69) is 4.90 Å². The smallest absolute Gasteiger partial charge is 0.334 e. The third kappa shape index (κ3) is 3.68. The van der Waals surface area contributed by atoms with E-state index in [1.807, 2.05) is 24.3 Å². The first-order valence-corrected chi connectivity index (χ1v) is 6.48. The molecule has 1 aliphatic rings. The number of carboxylic acid groups (broad SMARTS) is 1. The molecule has 0 aromatic heterocycles. The second kappa shape index (κ2) is 6.54. The lowest BCUT2D eigenvalue weighted by molar-refractivity contribution is -0.151. The van der Waals surface area contributed by atoms with Crippen molar-refractivity contribution in [3.63, 3.8) is 0 Å². The Morgan fingerprint density at radius 1 is 1.53 bits per heavy atom. The lowest BCUT2D eigenvalue weighted by Crippen LogP contribution is -2.39. The molecule has 0 spiro atoms. The summed E-state index contributed by atoms with van der Waals surface area (Å²) in [6, 6.07) is 7.85. The Kier molecular flexibility index (Phi) is 4.76. The summed E-state index contributed by atoms with van der Waals surface area (Å²) in [5.74, 6) is -0.0337. The van der Waals surface area contributed by atoms with Crippen LogP contribution in [0.4, 0.5) is 0 Å². The minimum absolute atomic E-state index is 0.376. The van der Waals surface area contributed by atoms with Gasteiger partial charge in [-0.2, -0.15) is 0 Å². The Bertz CT molecular complexity index is 435. The second-order valence-corrected chi connectivity index (χ2v) is 4.47. The zero-order chi connectivity index (χ0) is 13.7. The van der Waals surface area contributed by atoms with Crippen LogP contribution >= 0.6 is 0 Å². The Morgan fingerprint density at radius 3 is 3.05 bits per heavy atom. The molecule has 0 bridgehead atoms. The number of aliphatic carboxylic acids is 1. The van der Waals surface area contributed by atoms with E-state index in [0.717, 1.165) is 11.3 Å². The number of ether oxygens (including phenoxy) is 2. The topological polar surface area (TPSA) is 59.0 Å². The van der Waals surface area contributed by atoms with Crippen LogP contribution in [0.15, 0.2) is 24.3 Å². The average Bonchev–Trinajstić information content (AvgIpc) is 2.59. The first kappa shape index (κ1) is 13.8. The van der Waals surface area contributed by atoms with Gasteiger partial charge in [-0.25, -0.2) is 4.79 Å². The van der Waals surface area contributed by atoms with Crippen LogP contribution in [0, 0.1) is 0 Å². The number of benzene rings is 1. The molecule has 2 rings (SSSR count). The number of rotatable bonds is 5. The number of nitrogens with zero attached hydrogens (tertiary/aromatic N) is 1. The Balaban J connectivity index is 2.03. The van der Waals surface area contributed by atoms with E-state index in [-0.39, 0.29) is 0 Å². The van der Waals surface area contributed by atoms with Crippen molar-refractivity contribution in [2.45, 2.75) is 19.6 Å². The number of hydrogen-bond acceptors (Lipinski definition) is 4. The molecular formula is C14H19NO4. The van der Waals surface area contributed by atoms with Crippen LogP contribution in [0.25, 0.3) is 0 Å². The van der Waals surface area contributed by atoms with Crippen LogP contribution in [0.5, 0.6) is 5.75 Å². The molecule has 0 saturated carbocycles. The summed E-state index contributed by atoms with van der Waals surface area (Å²) < 4.78 is 10.9. The summed E-state index contributed by atoms with van der Waals surface area (Å²) in [5.41, 5.74) is 1.08. The van der Waals surface area contributed by atoms with Crippen molar-refractivity contribution in [1.82, 2.24) is 4.90 Å². The molecule has 0 aliphatic carbocycles. The molecule has 0 radical (unpaired) electrons. The maximum atomic E-state index is 11.1. The van der Waals surface area contributed by atoms with Gasteiger partial charge >= 0.3 is 5.97 Å². The van der Waals surface area contributed by atoms with Crippen LogP contribution in [0.1, 0.15) is 12.5 Å². The Hall–Kier alpha value is -1.59. The van der Waals surface area contributed by atoms with Crippen LogP contribution in [0.2, 0.25) is 0 Å². The number of fused-ring (bicyclic) bond motifs is 1. The zero-order valence-corrected chi connectivity index (χ0v) is 11.0. The van der Waals surface area contributed by atoms with E-state index in [9.17, 15) is 4.79 Å². The maximum absolute atomic E-state index is 11.1. The van der Waals surface area contributed by atoms with E-state index in [4.69, 9.17) is 14.6 Å². The summed E-state index contributed by atoms with van der Waals surface area (Å²) in [6.07, 6.45) is -0.782. The van der Waals surface area contributed by atoms with Gasteiger partial charge in [0.1, 0.15) is 12.4 Å². The van der Waals surface area contributed by atoms with E-state index in [0.29, 0.717) is 32.8 Å². The highest BCUT2D eigenvalue weighted by Gasteiger charge is 2.23.